The predicted molar refractivity (Wildman–Crippen MR) is 71.3 cm³/mol. The highest BCUT2D eigenvalue weighted by molar-refractivity contribution is 6.40. The molecule has 0 aliphatic heterocycles. The molecule has 0 aromatic heterocycles. The molecule has 4 heteroatoms. The summed E-state index contributed by atoms with van der Waals surface area (Å²) >= 11 is 0. The van der Waals surface area contributed by atoms with E-state index in [0.29, 0.717) is 6.42 Å². The Morgan fingerprint density at radius 3 is 2.58 bits per heavy atom. The standard InChI is InChI=1S/C15H11N2O2/c16-8-11(9-17)14(10-4-2-1-3-5-10)12-6-7-13(18)15(12)19/h1-5,12,14H,6-7H2/q-1/p+1/t12?,14-/m0/s1. The van der Waals surface area contributed by atoms with E-state index in [9.17, 15) is 9.59 Å². The Morgan fingerprint density at radius 1 is 1.42 bits per heavy atom. The fraction of sp³-hybridized carbons (Fsp3) is 0.267. The summed E-state index contributed by atoms with van der Waals surface area (Å²) in [6.45, 7) is 0. The van der Waals surface area contributed by atoms with Gasteiger partial charge in [-0.05, 0) is 12.0 Å². The van der Waals surface area contributed by atoms with Gasteiger partial charge in [0.15, 0.2) is 0 Å². The van der Waals surface area contributed by atoms with Gasteiger partial charge in [0.1, 0.15) is 6.07 Å². The monoisotopic (exact) mass is 252 g/mol. The molecule has 0 radical (unpaired) electrons. The zero-order chi connectivity index (χ0) is 13.8. The average Bonchev–Trinajstić information content (AvgIpc) is 2.77. The molecule has 1 aromatic carbocycles. The van der Waals surface area contributed by atoms with Crippen LogP contribution in [0.4, 0.5) is 0 Å². The van der Waals surface area contributed by atoms with Crippen LogP contribution in [0.1, 0.15) is 24.3 Å². The summed E-state index contributed by atoms with van der Waals surface area (Å²) in [6, 6.07) is 10.9. The molecule has 0 amide bonds. The second-order valence-corrected chi connectivity index (χ2v) is 4.48. The molecule has 1 aliphatic rings. The van der Waals surface area contributed by atoms with Crippen molar-refractivity contribution in [2.45, 2.75) is 18.8 Å². The molecule has 2 atom stereocenters. The lowest BCUT2D eigenvalue weighted by atomic mass is 9.80. The van der Waals surface area contributed by atoms with Crippen molar-refractivity contribution in [2.24, 2.45) is 5.92 Å². The van der Waals surface area contributed by atoms with Crippen LogP contribution in [0.25, 0.3) is 5.41 Å². The van der Waals surface area contributed by atoms with Crippen molar-refractivity contribution in [2.75, 3.05) is 0 Å². The van der Waals surface area contributed by atoms with E-state index in [1.54, 1.807) is 12.1 Å². The molecule has 1 N–H and O–H groups in total. The van der Waals surface area contributed by atoms with Crippen LogP contribution in [0.2, 0.25) is 0 Å². The van der Waals surface area contributed by atoms with Gasteiger partial charge in [-0.1, -0.05) is 30.3 Å². The van der Waals surface area contributed by atoms with Gasteiger partial charge in [-0.15, -0.1) is 0 Å². The first-order valence-electron chi connectivity index (χ1n) is 6.00. The van der Waals surface area contributed by atoms with Crippen molar-refractivity contribution in [1.29, 1.82) is 5.26 Å². The van der Waals surface area contributed by atoms with Crippen molar-refractivity contribution in [3.05, 3.63) is 46.9 Å². The van der Waals surface area contributed by atoms with Gasteiger partial charge in [0.25, 0.3) is 5.78 Å². The van der Waals surface area contributed by atoms with E-state index >= 15 is 0 Å². The zero-order valence-corrected chi connectivity index (χ0v) is 10.2. The number of Topliss-reactive ketones (excluding diaryl/α,β-unsaturated/α-hetero) is 1. The highest BCUT2D eigenvalue weighted by atomic mass is 16.2. The van der Waals surface area contributed by atoms with Gasteiger partial charge < -0.3 is 5.41 Å². The summed E-state index contributed by atoms with van der Waals surface area (Å²) in [5.74, 6) is 0.373. The van der Waals surface area contributed by atoms with Crippen molar-refractivity contribution in [3.8, 4) is 6.07 Å². The van der Waals surface area contributed by atoms with Crippen molar-refractivity contribution in [1.82, 2.24) is 0 Å². The van der Waals surface area contributed by atoms with Crippen LogP contribution in [0.5, 0.6) is 0 Å². The molecule has 0 saturated heterocycles. The van der Waals surface area contributed by atoms with E-state index in [4.69, 9.17) is 10.7 Å². The lowest BCUT2D eigenvalue weighted by molar-refractivity contribution is -0.112. The number of rotatable bonds is 3. The third-order valence-electron chi connectivity index (χ3n) is 3.43. The van der Waals surface area contributed by atoms with Gasteiger partial charge in [-0.25, -0.2) is 0 Å². The molecular formula is C15H12N2O2. The fourth-order valence-electron chi connectivity index (χ4n) is 2.51. The minimum atomic E-state index is -0.539. The predicted octanol–water partition coefficient (Wildman–Crippen LogP) is 1.98. The normalized spacial score (nSPS) is 19.6. The number of carbonyl (C=O) groups excluding carboxylic acids is 2. The van der Waals surface area contributed by atoms with Crippen LogP contribution in [-0.4, -0.2) is 22.2 Å². The number of carbonyl (C=O) groups is 1. The third kappa shape index (κ3) is 2.37. The van der Waals surface area contributed by atoms with Crippen LogP contribution in [0, 0.1) is 17.2 Å². The lowest BCUT2D eigenvalue weighted by Crippen LogP contribution is -2.22. The van der Waals surface area contributed by atoms with E-state index in [1.807, 2.05) is 30.1 Å². The SMILES string of the molecule is N#CC(=C=[N-])[C@H](c1ccccc1)C1CCC(=O)C1=[OH+]. The van der Waals surface area contributed by atoms with Crippen molar-refractivity contribution >= 4 is 17.4 Å². The van der Waals surface area contributed by atoms with E-state index < -0.39 is 11.8 Å². The highest BCUT2D eigenvalue weighted by Gasteiger charge is 2.44. The Kier molecular flexibility index (Phi) is 3.70. The molecule has 0 bridgehead atoms. The van der Waals surface area contributed by atoms with E-state index in [1.165, 1.54) is 0 Å². The largest absolute Gasteiger partial charge is 0.762 e. The molecular weight excluding hydrogens is 240 g/mol. The van der Waals surface area contributed by atoms with Crippen LogP contribution < -0.4 is 0 Å². The summed E-state index contributed by atoms with van der Waals surface area (Å²) < 4.78 is 0. The first kappa shape index (κ1) is 12.9. The molecule has 1 unspecified atom stereocenters. The van der Waals surface area contributed by atoms with Gasteiger partial charge in [0, 0.05) is 12.3 Å². The van der Waals surface area contributed by atoms with Crippen LogP contribution in [0.3, 0.4) is 0 Å². The summed E-state index contributed by atoms with van der Waals surface area (Å²) in [6.07, 6.45) is 0.737. The number of ketones is 2. The van der Waals surface area contributed by atoms with E-state index in [-0.39, 0.29) is 23.6 Å². The van der Waals surface area contributed by atoms with E-state index in [2.05, 4.69) is 0 Å². The summed E-state index contributed by atoms with van der Waals surface area (Å²) in [5.41, 5.74) is 0.796. The average molecular weight is 252 g/mol. The van der Waals surface area contributed by atoms with Gasteiger partial charge in [-0.3, -0.25) is 15.5 Å². The lowest BCUT2D eigenvalue weighted by Gasteiger charge is -2.19. The number of nitriles is 1. The van der Waals surface area contributed by atoms with Gasteiger partial charge in [0.2, 0.25) is 0 Å². The molecule has 1 fully saturated rings. The molecule has 0 spiro atoms. The quantitative estimate of drug-likeness (QED) is 0.356. The Balaban J connectivity index is 2.48. The Labute approximate surface area is 110 Å². The highest BCUT2D eigenvalue weighted by Crippen LogP contribution is 2.37. The van der Waals surface area contributed by atoms with Gasteiger partial charge in [0.05, 0.1) is 11.5 Å². The molecule has 1 aromatic rings. The maximum Gasteiger partial charge on any atom is 0.362 e. The van der Waals surface area contributed by atoms with Gasteiger partial charge >= 0.3 is 5.78 Å². The smallest absolute Gasteiger partial charge is 0.362 e. The number of nitrogens with zero attached hydrogens (tertiary/aromatic N) is 2. The first-order chi connectivity index (χ1) is 9.19. The first-order valence-corrected chi connectivity index (χ1v) is 6.00. The molecule has 1 aliphatic carbocycles. The van der Waals surface area contributed by atoms with Crippen LogP contribution in [-0.2, 0) is 4.79 Å². The minimum Gasteiger partial charge on any atom is -0.762 e. The second kappa shape index (κ2) is 5.43. The molecule has 1 saturated carbocycles. The van der Waals surface area contributed by atoms with Crippen molar-refractivity contribution < 1.29 is 9.59 Å². The Hall–Kier alpha value is -2.50. The number of allylic oxidation sites excluding steroid dienone is 1. The second-order valence-electron chi connectivity index (χ2n) is 4.48. The summed E-state index contributed by atoms with van der Waals surface area (Å²) in [7, 11) is 0. The zero-order valence-electron chi connectivity index (χ0n) is 10.2. The number of hydrogen-bond acceptors (Lipinski definition) is 2. The molecule has 0 heterocycles. The van der Waals surface area contributed by atoms with Crippen LogP contribution in [0.15, 0.2) is 35.9 Å². The molecule has 94 valence electrons. The Bertz CT molecular complexity index is 607. The molecule has 4 nitrogen and oxygen atoms in total. The molecule has 2 rings (SSSR count). The summed E-state index contributed by atoms with van der Waals surface area (Å²) in [5, 5.41) is 18.2. The topological polar surface area (TPSA) is 84.6 Å². The summed E-state index contributed by atoms with van der Waals surface area (Å²) in [4.78, 5) is 21.3. The van der Waals surface area contributed by atoms with Crippen LogP contribution >= 0.6 is 0 Å². The maximum atomic E-state index is 11.5. The number of hydrogen-bond donors (Lipinski definition) is 0. The maximum absolute atomic E-state index is 11.5. The van der Waals surface area contributed by atoms with Gasteiger partial charge in [-0.2, -0.15) is 5.26 Å². The minimum absolute atomic E-state index is 0.0254. The fourth-order valence-corrected chi connectivity index (χ4v) is 2.51. The Morgan fingerprint density at radius 2 is 2.11 bits per heavy atom. The van der Waals surface area contributed by atoms with Crippen molar-refractivity contribution in [3.63, 3.8) is 0 Å². The third-order valence-corrected chi connectivity index (χ3v) is 3.43. The molecule has 19 heavy (non-hydrogen) atoms. The number of benzene rings is 1. The van der Waals surface area contributed by atoms with E-state index in [0.717, 1.165) is 5.56 Å².